The van der Waals surface area contributed by atoms with Gasteiger partial charge in [-0.3, -0.25) is 9.69 Å². The van der Waals surface area contributed by atoms with Gasteiger partial charge < -0.3 is 14.6 Å². The Morgan fingerprint density at radius 3 is 3.00 bits per heavy atom. The number of amides is 1. The van der Waals surface area contributed by atoms with Gasteiger partial charge in [0.05, 0.1) is 12.1 Å². The van der Waals surface area contributed by atoms with E-state index in [0.29, 0.717) is 12.1 Å². The number of aryl methyl sites for hydroxylation is 1. The minimum atomic E-state index is -0.220. The molecule has 0 bridgehead atoms. The fourth-order valence-electron chi connectivity index (χ4n) is 3.27. The Bertz CT molecular complexity index is 603. The molecule has 1 N–H and O–H groups in total. The summed E-state index contributed by atoms with van der Waals surface area (Å²) >= 11 is 0. The predicted octanol–water partition coefficient (Wildman–Crippen LogP) is 0.628. The molecular formula is C15H20N4O2. The van der Waals surface area contributed by atoms with Crippen LogP contribution in [0.2, 0.25) is 0 Å². The molecule has 6 nitrogen and oxygen atoms in total. The number of hydrogen-bond acceptors (Lipinski definition) is 4. The van der Waals surface area contributed by atoms with Crippen LogP contribution >= 0.6 is 0 Å². The maximum Gasteiger partial charge on any atom is 0.248 e. The molecule has 0 aliphatic carbocycles. The van der Waals surface area contributed by atoms with E-state index in [0.717, 1.165) is 37.4 Å². The minimum absolute atomic E-state index is 0.0535. The number of rotatable bonds is 2. The van der Waals surface area contributed by atoms with E-state index in [2.05, 4.69) is 16.0 Å². The second-order valence-corrected chi connectivity index (χ2v) is 6.13. The van der Waals surface area contributed by atoms with Gasteiger partial charge in [-0.15, -0.1) is 0 Å². The molecule has 3 rings (SSSR count). The summed E-state index contributed by atoms with van der Waals surface area (Å²) in [6.07, 6.45) is 0.940. The molecule has 0 aromatic carbocycles. The summed E-state index contributed by atoms with van der Waals surface area (Å²) in [6.45, 7) is 5.32. The highest BCUT2D eigenvalue weighted by atomic mass is 16.5. The lowest BCUT2D eigenvalue weighted by molar-refractivity contribution is -0.159. The maximum absolute atomic E-state index is 11.5. The first-order valence-electron chi connectivity index (χ1n) is 7.20. The average molecular weight is 288 g/mol. The minimum Gasteiger partial charge on any atom is -0.362 e. The molecule has 2 fully saturated rings. The Balaban J connectivity index is 1.64. The molecule has 2 saturated heterocycles. The number of aromatic nitrogens is 1. The number of hydrogen-bond donors (Lipinski definition) is 1. The van der Waals surface area contributed by atoms with Crippen molar-refractivity contribution in [1.29, 1.82) is 5.26 Å². The van der Waals surface area contributed by atoms with Crippen LogP contribution in [0.5, 0.6) is 0 Å². The van der Waals surface area contributed by atoms with Crippen molar-refractivity contribution in [1.82, 2.24) is 14.8 Å². The number of nitrogens with one attached hydrogen (secondary N) is 1. The van der Waals surface area contributed by atoms with E-state index in [-0.39, 0.29) is 18.1 Å². The van der Waals surface area contributed by atoms with Crippen LogP contribution in [0.3, 0.4) is 0 Å². The Kier molecular flexibility index (Phi) is 3.47. The Hall–Kier alpha value is -1.84. The predicted molar refractivity (Wildman–Crippen MR) is 76.5 cm³/mol. The number of nitriles is 1. The molecular weight excluding hydrogens is 268 g/mol. The molecule has 1 unspecified atom stereocenters. The summed E-state index contributed by atoms with van der Waals surface area (Å²) in [4.78, 5) is 18.9. The van der Waals surface area contributed by atoms with E-state index in [9.17, 15) is 4.79 Å². The van der Waals surface area contributed by atoms with Gasteiger partial charge in [-0.2, -0.15) is 5.26 Å². The number of likely N-dealkylation sites (tertiary alicyclic amines) is 1. The Labute approximate surface area is 124 Å². The number of nitrogens with zero attached hydrogens (tertiary/aromatic N) is 3. The summed E-state index contributed by atoms with van der Waals surface area (Å²) in [5, 5.41) is 9.00. The smallest absolute Gasteiger partial charge is 0.248 e. The highest BCUT2D eigenvalue weighted by Crippen LogP contribution is 2.30. The van der Waals surface area contributed by atoms with Gasteiger partial charge in [0.1, 0.15) is 18.3 Å². The average Bonchev–Trinajstić information content (AvgIpc) is 2.99. The number of morpholine rings is 1. The summed E-state index contributed by atoms with van der Waals surface area (Å²) in [6, 6.07) is 4.10. The van der Waals surface area contributed by atoms with Gasteiger partial charge in [-0.05, 0) is 19.4 Å². The molecule has 1 spiro atoms. The van der Waals surface area contributed by atoms with Gasteiger partial charge in [0.15, 0.2) is 0 Å². The van der Waals surface area contributed by atoms with Crippen molar-refractivity contribution in [3.05, 3.63) is 23.0 Å². The molecule has 1 aromatic rings. The molecule has 1 atom stereocenters. The van der Waals surface area contributed by atoms with Crippen molar-refractivity contribution >= 4 is 5.91 Å². The second kappa shape index (κ2) is 5.17. The fourth-order valence-corrected chi connectivity index (χ4v) is 3.27. The van der Waals surface area contributed by atoms with Crippen molar-refractivity contribution in [2.75, 3.05) is 33.3 Å². The van der Waals surface area contributed by atoms with Gasteiger partial charge >= 0.3 is 0 Å². The van der Waals surface area contributed by atoms with Crippen LogP contribution in [-0.4, -0.2) is 59.6 Å². The standard InChI is InChI=1S/C15H20N4O2/c1-11-12(6-16)5-13(17-11)7-19-4-3-15(10-19)9-18(2)14(20)8-21-15/h5,17H,3-4,7-10H2,1-2H3. The lowest BCUT2D eigenvalue weighted by Crippen LogP contribution is -2.54. The van der Waals surface area contributed by atoms with Gasteiger partial charge in [0, 0.05) is 38.1 Å². The zero-order valence-electron chi connectivity index (χ0n) is 12.5. The number of ether oxygens (including phenoxy) is 1. The van der Waals surface area contributed by atoms with Crippen molar-refractivity contribution in [3.63, 3.8) is 0 Å². The van der Waals surface area contributed by atoms with Gasteiger partial charge in [0.2, 0.25) is 5.91 Å². The molecule has 0 saturated carbocycles. The van der Waals surface area contributed by atoms with Gasteiger partial charge in [-0.25, -0.2) is 0 Å². The normalized spacial score (nSPS) is 26.5. The van der Waals surface area contributed by atoms with Gasteiger partial charge in [0.25, 0.3) is 0 Å². The first-order chi connectivity index (χ1) is 10.0. The van der Waals surface area contributed by atoms with E-state index in [4.69, 9.17) is 10.00 Å². The number of carbonyl (C=O) groups is 1. The number of carbonyl (C=O) groups excluding carboxylic acids is 1. The van der Waals surface area contributed by atoms with Crippen LogP contribution in [-0.2, 0) is 16.1 Å². The summed E-state index contributed by atoms with van der Waals surface area (Å²) in [5.41, 5.74) is 2.46. The molecule has 1 amide bonds. The first kappa shape index (κ1) is 14.1. The van der Waals surface area contributed by atoms with Crippen molar-refractivity contribution in [2.45, 2.75) is 25.5 Å². The van der Waals surface area contributed by atoms with Crippen molar-refractivity contribution in [3.8, 4) is 6.07 Å². The zero-order valence-corrected chi connectivity index (χ0v) is 12.5. The largest absolute Gasteiger partial charge is 0.362 e. The van der Waals surface area contributed by atoms with Crippen LogP contribution in [0.25, 0.3) is 0 Å². The molecule has 6 heteroatoms. The van der Waals surface area contributed by atoms with E-state index in [1.807, 2.05) is 20.0 Å². The molecule has 0 radical (unpaired) electrons. The lowest BCUT2D eigenvalue weighted by Gasteiger charge is -2.38. The van der Waals surface area contributed by atoms with Crippen LogP contribution in [0.15, 0.2) is 6.07 Å². The highest BCUT2D eigenvalue weighted by Gasteiger charge is 2.44. The molecule has 2 aliphatic heterocycles. The van der Waals surface area contributed by atoms with Crippen LogP contribution < -0.4 is 0 Å². The quantitative estimate of drug-likeness (QED) is 0.866. The lowest BCUT2D eigenvalue weighted by atomic mass is 10.0. The summed E-state index contributed by atoms with van der Waals surface area (Å²) < 4.78 is 5.83. The Morgan fingerprint density at radius 1 is 1.52 bits per heavy atom. The van der Waals surface area contributed by atoms with Gasteiger partial charge in [-0.1, -0.05) is 0 Å². The molecule has 1 aromatic heterocycles. The molecule has 112 valence electrons. The van der Waals surface area contributed by atoms with Crippen LogP contribution in [0.1, 0.15) is 23.4 Å². The maximum atomic E-state index is 11.5. The summed E-state index contributed by atoms with van der Waals surface area (Å²) in [5.74, 6) is 0.0535. The third-order valence-corrected chi connectivity index (χ3v) is 4.43. The molecule has 3 heterocycles. The highest BCUT2D eigenvalue weighted by molar-refractivity contribution is 5.78. The van der Waals surface area contributed by atoms with E-state index in [1.54, 1.807) is 4.90 Å². The summed E-state index contributed by atoms with van der Waals surface area (Å²) in [7, 11) is 1.84. The SMILES string of the molecule is Cc1[nH]c(CN2CCC3(C2)CN(C)C(=O)CO3)cc1C#N. The topological polar surface area (TPSA) is 72.4 Å². The third kappa shape index (κ3) is 2.67. The molecule has 21 heavy (non-hydrogen) atoms. The van der Waals surface area contributed by atoms with Crippen LogP contribution in [0, 0.1) is 18.3 Å². The third-order valence-electron chi connectivity index (χ3n) is 4.43. The van der Waals surface area contributed by atoms with E-state index >= 15 is 0 Å². The van der Waals surface area contributed by atoms with Crippen molar-refractivity contribution in [2.24, 2.45) is 0 Å². The number of likely N-dealkylation sites (N-methyl/N-ethyl adjacent to an activating group) is 1. The fraction of sp³-hybridized carbons (Fsp3) is 0.600. The number of H-pyrrole nitrogens is 1. The zero-order chi connectivity index (χ0) is 15.0. The second-order valence-electron chi connectivity index (χ2n) is 6.13. The monoisotopic (exact) mass is 288 g/mol. The van der Waals surface area contributed by atoms with Crippen LogP contribution in [0.4, 0.5) is 0 Å². The van der Waals surface area contributed by atoms with E-state index < -0.39 is 0 Å². The first-order valence-corrected chi connectivity index (χ1v) is 7.20. The number of aromatic amines is 1. The molecule has 2 aliphatic rings. The van der Waals surface area contributed by atoms with Crippen molar-refractivity contribution < 1.29 is 9.53 Å². The Morgan fingerprint density at radius 2 is 2.33 bits per heavy atom. The van der Waals surface area contributed by atoms with E-state index in [1.165, 1.54) is 0 Å².